The van der Waals surface area contributed by atoms with E-state index in [-0.39, 0.29) is 12.0 Å². The van der Waals surface area contributed by atoms with Crippen molar-refractivity contribution in [2.75, 3.05) is 32.8 Å². The molecule has 30 heavy (non-hydrogen) atoms. The molecule has 0 aromatic heterocycles. The van der Waals surface area contributed by atoms with Gasteiger partial charge in [0, 0.05) is 24.2 Å². The summed E-state index contributed by atoms with van der Waals surface area (Å²) in [7, 11) is 0. The number of carboxylic acid groups (broad SMARTS) is 2. The summed E-state index contributed by atoms with van der Waals surface area (Å²) in [6.45, 7) is 10.8. The summed E-state index contributed by atoms with van der Waals surface area (Å²) in [6, 6.07) is 7.45. The summed E-state index contributed by atoms with van der Waals surface area (Å²) >= 11 is 5.45. The van der Waals surface area contributed by atoms with E-state index in [1.165, 1.54) is 25.6 Å². The van der Waals surface area contributed by atoms with Gasteiger partial charge in [-0.25, -0.2) is 4.79 Å². The molecular weight excluding hydrogens is 402 g/mol. The Morgan fingerprint density at radius 2 is 1.83 bits per heavy atom. The Morgan fingerprint density at radius 1 is 1.20 bits per heavy atom. The average molecular weight is 432 g/mol. The van der Waals surface area contributed by atoms with Gasteiger partial charge in [0.15, 0.2) is 0 Å². The molecule has 1 saturated heterocycles. The van der Waals surface area contributed by atoms with Crippen LogP contribution in [0.3, 0.4) is 0 Å². The van der Waals surface area contributed by atoms with Crippen molar-refractivity contribution in [1.82, 2.24) is 4.90 Å². The molecule has 1 aromatic rings. The summed E-state index contributed by atoms with van der Waals surface area (Å²) in [5, 5.41) is 18.7. The molecule has 1 fully saturated rings. The first-order valence-electron chi connectivity index (χ1n) is 9.99. The molecule has 2 N–H and O–H groups in total. The molecule has 0 amide bonds. The van der Waals surface area contributed by atoms with E-state index in [0.717, 1.165) is 37.4 Å². The standard InChI is InChI=1S/C17H16O4S.C6H13NO/c1-10-5-3-4-6-11(10)14(22)12-7-8-17(2,16(20)21)9-13(12)15(18)19;1-2-7-3-5-8-6-4-7/h3-8H,9H2,1-2H3,(H,18,19)(H,20,21);2-6H2,1H3. The summed E-state index contributed by atoms with van der Waals surface area (Å²) in [6.07, 6.45) is 2.95. The molecule has 1 heterocycles. The highest BCUT2D eigenvalue weighted by atomic mass is 32.1. The van der Waals surface area contributed by atoms with Crippen LogP contribution in [-0.2, 0) is 14.3 Å². The van der Waals surface area contributed by atoms with E-state index in [1.807, 2.05) is 31.2 Å². The maximum atomic E-state index is 11.6. The molecule has 0 spiro atoms. The predicted molar refractivity (Wildman–Crippen MR) is 120 cm³/mol. The quantitative estimate of drug-likeness (QED) is 0.545. The van der Waals surface area contributed by atoms with Crippen molar-refractivity contribution in [2.24, 2.45) is 5.41 Å². The molecule has 162 valence electrons. The third-order valence-electron chi connectivity index (χ3n) is 5.42. The van der Waals surface area contributed by atoms with Gasteiger partial charge in [-0.3, -0.25) is 9.69 Å². The molecule has 0 saturated carbocycles. The molecule has 2 aliphatic rings. The number of benzene rings is 1. The van der Waals surface area contributed by atoms with E-state index >= 15 is 0 Å². The average Bonchev–Trinajstić information content (AvgIpc) is 2.74. The van der Waals surface area contributed by atoms with Crippen LogP contribution in [0.1, 0.15) is 31.4 Å². The molecule has 1 aliphatic carbocycles. The van der Waals surface area contributed by atoms with Crippen LogP contribution in [0.25, 0.3) is 0 Å². The van der Waals surface area contributed by atoms with Gasteiger partial charge in [0.05, 0.1) is 23.5 Å². The Balaban J connectivity index is 0.000000335. The molecule has 6 nitrogen and oxygen atoms in total. The lowest BCUT2D eigenvalue weighted by Crippen LogP contribution is -2.35. The SMILES string of the molecule is CCN1CCOCC1.Cc1ccccc1C(=S)C1=C(C(=O)O)CC(C)(C(=O)O)C=C1. The molecule has 0 radical (unpaired) electrons. The number of carbonyl (C=O) groups is 2. The van der Waals surface area contributed by atoms with E-state index in [0.29, 0.717) is 10.4 Å². The van der Waals surface area contributed by atoms with Crippen LogP contribution >= 0.6 is 12.2 Å². The number of nitrogens with zero attached hydrogens (tertiary/aromatic N) is 1. The van der Waals surface area contributed by atoms with Gasteiger partial charge in [0.1, 0.15) is 0 Å². The van der Waals surface area contributed by atoms with Gasteiger partial charge in [0.2, 0.25) is 0 Å². The number of aliphatic carboxylic acids is 2. The van der Waals surface area contributed by atoms with Gasteiger partial charge in [0.25, 0.3) is 0 Å². The highest BCUT2D eigenvalue weighted by Crippen LogP contribution is 2.36. The highest BCUT2D eigenvalue weighted by Gasteiger charge is 2.37. The van der Waals surface area contributed by atoms with Crippen molar-refractivity contribution < 1.29 is 24.5 Å². The zero-order chi connectivity index (χ0) is 22.3. The zero-order valence-electron chi connectivity index (χ0n) is 17.7. The maximum Gasteiger partial charge on any atom is 0.332 e. The second-order valence-electron chi connectivity index (χ2n) is 7.62. The molecule has 1 aliphatic heterocycles. The number of allylic oxidation sites excluding steroid dienone is 2. The first-order chi connectivity index (χ1) is 14.2. The molecule has 1 aromatic carbocycles. The second-order valence-corrected chi connectivity index (χ2v) is 8.03. The Hall–Kier alpha value is -2.35. The minimum Gasteiger partial charge on any atom is -0.481 e. The lowest BCUT2D eigenvalue weighted by atomic mass is 9.76. The summed E-state index contributed by atoms with van der Waals surface area (Å²) in [4.78, 5) is 25.7. The van der Waals surface area contributed by atoms with Crippen molar-refractivity contribution in [3.63, 3.8) is 0 Å². The lowest BCUT2D eigenvalue weighted by molar-refractivity contribution is -0.145. The lowest BCUT2D eigenvalue weighted by Gasteiger charge is -2.26. The van der Waals surface area contributed by atoms with Crippen molar-refractivity contribution in [3.05, 3.63) is 58.7 Å². The molecule has 1 atom stereocenters. The van der Waals surface area contributed by atoms with Crippen LogP contribution in [0.15, 0.2) is 47.6 Å². The largest absolute Gasteiger partial charge is 0.481 e. The third kappa shape index (κ3) is 5.84. The third-order valence-corrected chi connectivity index (χ3v) is 5.86. The normalized spacial score (nSPS) is 21.6. The molecule has 0 bridgehead atoms. The van der Waals surface area contributed by atoms with Crippen LogP contribution in [0, 0.1) is 12.3 Å². The summed E-state index contributed by atoms with van der Waals surface area (Å²) in [5.41, 5.74) is 0.967. The van der Waals surface area contributed by atoms with Crippen LogP contribution in [0.5, 0.6) is 0 Å². The van der Waals surface area contributed by atoms with Crippen LogP contribution < -0.4 is 0 Å². The van der Waals surface area contributed by atoms with E-state index < -0.39 is 17.4 Å². The number of hydrogen-bond acceptors (Lipinski definition) is 5. The van der Waals surface area contributed by atoms with Gasteiger partial charge in [-0.2, -0.15) is 0 Å². The van der Waals surface area contributed by atoms with Gasteiger partial charge in [-0.15, -0.1) is 0 Å². The zero-order valence-corrected chi connectivity index (χ0v) is 18.5. The Kier molecular flexibility index (Phi) is 8.46. The monoisotopic (exact) mass is 431 g/mol. The number of likely N-dealkylation sites (N-methyl/N-ethyl adjacent to an activating group) is 1. The van der Waals surface area contributed by atoms with Gasteiger partial charge in [-0.05, 0) is 37.9 Å². The van der Waals surface area contributed by atoms with E-state index in [2.05, 4.69) is 11.8 Å². The van der Waals surface area contributed by atoms with Crippen LogP contribution in [0.4, 0.5) is 0 Å². The molecular formula is C23H29NO5S. The van der Waals surface area contributed by atoms with Crippen molar-refractivity contribution in [1.29, 1.82) is 0 Å². The first kappa shape index (κ1) is 23.9. The number of morpholine rings is 1. The molecule has 3 rings (SSSR count). The fourth-order valence-electron chi connectivity index (χ4n) is 3.33. The predicted octanol–water partition coefficient (Wildman–Crippen LogP) is 3.48. The van der Waals surface area contributed by atoms with Crippen LogP contribution in [0.2, 0.25) is 0 Å². The van der Waals surface area contributed by atoms with Crippen LogP contribution in [-0.4, -0.2) is 64.8 Å². The first-order valence-corrected chi connectivity index (χ1v) is 10.4. The number of carboxylic acids is 2. The van der Waals surface area contributed by atoms with Gasteiger partial charge >= 0.3 is 11.9 Å². The fourth-order valence-corrected chi connectivity index (χ4v) is 3.75. The highest BCUT2D eigenvalue weighted by molar-refractivity contribution is 7.81. The maximum absolute atomic E-state index is 11.6. The van der Waals surface area contributed by atoms with E-state index in [4.69, 9.17) is 17.0 Å². The summed E-state index contributed by atoms with van der Waals surface area (Å²) < 4.78 is 5.16. The van der Waals surface area contributed by atoms with E-state index in [1.54, 1.807) is 0 Å². The molecule has 7 heteroatoms. The minimum atomic E-state index is -1.22. The number of aryl methyl sites for hydroxylation is 1. The molecule has 1 unspecified atom stereocenters. The van der Waals surface area contributed by atoms with Crippen molar-refractivity contribution >= 4 is 29.0 Å². The van der Waals surface area contributed by atoms with Gasteiger partial charge < -0.3 is 14.9 Å². The Morgan fingerprint density at radius 3 is 2.33 bits per heavy atom. The number of ether oxygens (including phenoxy) is 1. The van der Waals surface area contributed by atoms with Crippen molar-refractivity contribution in [2.45, 2.75) is 27.2 Å². The summed E-state index contributed by atoms with van der Waals surface area (Å²) in [5.74, 6) is -2.19. The second kappa shape index (κ2) is 10.6. The minimum absolute atomic E-state index is 0.0423. The number of thiocarbonyl (C=S) groups is 1. The van der Waals surface area contributed by atoms with Crippen molar-refractivity contribution in [3.8, 4) is 0 Å². The fraction of sp³-hybridized carbons (Fsp3) is 0.435. The van der Waals surface area contributed by atoms with Gasteiger partial charge in [-0.1, -0.05) is 55.6 Å². The number of rotatable bonds is 5. The topological polar surface area (TPSA) is 87.1 Å². The smallest absolute Gasteiger partial charge is 0.332 e. The Labute approximate surface area is 182 Å². The Bertz CT molecular complexity index is 870. The van der Waals surface area contributed by atoms with E-state index in [9.17, 15) is 19.8 Å². The number of hydrogen-bond donors (Lipinski definition) is 2.